The van der Waals surface area contributed by atoms with Crippen LogP contribution in [0.3, 0.4) is 0 Å². The maximum atomic E-state index is 11.8. The number of nitrogens with one attached hydrogen (secondary N) is 3. The highest BCUT2D eigenvalue weighted by molar-refractivity contribution is 5.69. The summed E-state index contributed by atoms with van der Waals surface area (Å²) in [6.07, 6.45) is 3.15. The van der Waals surface area contributed by atoms with E-state index in [-0.39, 0.29) is 5.92 Å². The van der Waals surface area contributed by atoms with E-state index in [1.807, 2.05) is 12.1 Å². The van der Waals surface area contributed by atoms with Crippen molar-refractivity contribution in [1.82, 2.24) is 19.9 Å². The third-order valence-corrected chi connectivity index (χ3v) is 4.11. The number of aromatic nitrogens is 4. The van der Waals surface area contributed by atoms with Crippen LogP contribution in [0, 0.1) is 0 Å². The lowest BCUT2D eigenvalue weighted by Gasteiger charge is -2.23. The molecule has 3 aromatic rings. The Kier molecular flexibility index (Phi) is 2.57. The van der Waals surface area contributed by atoms with Crippen molar-refractivity contribution in [2.24, 2.45) is 0 Å². The topological polar surface area (TPSA) is 94.4 Å². The fraction of sp³-hybridized carbons (Fsp3) is 0.267. The number of hydrogen-bond donors (Lipinski definition) is 3. The summed E-state index contributed by atoms with van der Waals surface area (Å²) in [4.78, 5) is 35.4. The second-order valence-electron chi connectivity index (χ2n) is 5.40. The van der Waals surface area contributed by atoms with Crippen LogP contribution in [0.25, 0.3) is 11.2 Å². The van der Waals surface area contributed by atoms with Gasteiger partial charge < -0.3 is 4.98 Å². The first-order valence-corrected chi connectivity index (χ1v) is 7.02. The van der Waals surface area contributed by atoms with Crippen LogP contribution in [0.1, 0.15) is 35.7 Å². The number of benzene rings is 1. The van der Waals surface area contributed by atoms with Crippen LogP contribution in [0.4, 0.5) is 0 Å². The molecule has 21 heavy (non-hydrogen) atoms. The zero-order chi connectivity index (χ0) is 14.4. The number of imidazole rings is 1. The predicted octanol–water partition coefficient (Wildman–Crippen LogP) is 1.41. The van der Waals surface area contributed by atoms with Crippen LogP contribution >= 0.6 is 0 Å². The van der Waals surface area contributed by atoms with Gasteiger partial charge in [0.15, 0.2) is 5.65 Å². The monoisotopic (exact) mass is 282 g/mol. The van der Waals surface area contributed by atoms with E-state index in [1.54, 1.807) is 0 Å². The van der Waals surface area contributed by atoms with Gasteiger partial charge in [0.1, 0.15) is 11.3 Å². The van der Waals surface area contributed by atoms with Gasteiger partial charge in [-0.25, -0.2) is 9.78 Å². The van der Waals surface area contributed by atoms with Crippen LogP contribution in [-0.2, 0) is 6.42 Å². The van der Waals surface area contributed by atoms with Gasteiger partial charge in [0.2, 0.25) is 0 Å². The van der Waals surface area contributed by atoms with Crippen LogP contribution in [0.15, 0.2) is 33.9 Å². The van der Waals surface area contributed by atoms with Gasteiger partial charge in [-0.15, -0.1) is 0 Å². The zero-order valence-electron chi connectivity index (χ0n) is 11.3. The molecule has 1 aromatic carbocycles. The van der Waals surface area contributed by atoms with Gasteiger partial charge in [-0.2, -0.15) is 0 Å². The maximum absolute atomic E-state index is 11.8. The molecular weight excluding hydrogens is 268 g/mol. The van der Waals surface area contributed by atoms with Gasteiger partial charge in [-0.3, -0.25) is 14.8 Å². The molecule has 0 aliphatic heterocycles. The summed E-state index contributed by atoms with van der Waals surface area (Å²) in [7, 11) is 0. The van der Waals surface area contributed by atoms with E-state index in [9.17, 15) is 9.59 Å². The van der Waals surface area contributed by atoms with Crippen LogP contribution < -0.4 is 11.2 Å². The molecule has 2 heterocycles. The summed E-state index contributed by atoms with van der Waals surface area (Å²) in [6.45, 7) is 0. The molecule has 0 amide bonds. The van der Waals surface area contributed by atoms with Gasteiger partial charge in [0.25, 0.3) is 5.56 Å². The first kappa shape index (κ1) is 12.1. The Labute approximate surface area is 119 Å². The third-order valence-electron chi connectivity index (χ3n) is 4.11. The summed E-state index contributed by atoms with van der Waals surface area (Å²) < 4.78 is 0. The Hall–Kier alpha value is -2.63. The first-order valence-electron chi connectivity index (χ1n) is 7.02. The van der Waals surface area contributed by atoms with Crippen LogP contribution in [0.2, 0.25) is 0 Å². The molecule has 3 N–H and O–H groups in total. The second-order valence-corrected chi connectivity index (χ2v) is 5.40. The van der Waals surface area contributed by atoms with Crippen LogP contribution in [0.5, 0.6) is 0 Å². The number of nitrogens with zero attached hydrogens (tertiary/aromatic N) is 1. The van der Waals surface area contributed by atoms with Gasteiger partial charge >= 0.3 is 5.69 Å². The number of aryl methyl sites for hydroxylation is 1. The molecule has 6 heteroatoms. The molecule has 1 unspecified atom stereocenters. The predicted molar refractivity (Wildman–Crippen MR) is 78.6 cm³/mol. The van der Waals surface area contributed by atoms with Crippen molar-refractivity contribution < 1.29 is 0 Å². The van der Waals surface area contributed by atoms with Crippen molar-refractivity contribution in [2.45, 2.75) is 25.2 Å². The summed E-state index contributed by atoms with van der Waals surface area (Å²) in [5.74, 6) is 0.884. The Balaban J connectivity index is 1.90. The Morgan fingerprint density at radius 3 is 2.86 bits per heavy atom. The van der Waals surface area contributed by atoms with Crippen molar-refractivity contribution in [3.63, 3.8) is 0 Å². The normalized spacial score (nSPS) is 17.8. The molecule has 0 radical (unpaired) electrons. The van der Waals surface area contributed by atoms with Crippen molar-refractivity contribution in [3.8, 4) is 0 Å². The van der Waals surface area contributed by atoms with Crippen molar-refractivity contribution in [2.75, 3.05) is 0 Å². The minimum Gasteiger partial charge on any atom is -0.336 e. The molecule has 0 bridgehead atoms. The van der Waals surface area contributed by atoms with Gasteiger partial charge in [0.05, 0.1) is 0 Å². The highest BCUT2D eigenvalue weighted by Gasteiger charge is 2.24. The van der Waals surface area contributed by atoms with Gasteiger partial charge in [-0.05, 0) is 30.4 Å². The molecule has 1 aliphatic rings. The molecule has 6 nitrogen and oxygen atoms in total. The molecular formula is C15H14N4O2. The van der Waals surface area contributed by atoms with E-state index >= 15 is 0 Å². The van der Waals surface area contributed by atoms with E-state index in [4.69, 9.17) is 0 Å². The molecule has 0 fully saturated rings. The lowest BCUT2D eigenvalue weighted by molar-refractivity contribution is 0.596. The number of rotatable bonds is 1. The Morgan fingerprint density at radius 2 is 1.95 bits per heavy atom. The molecule has 0 saturated carbocycles. The molecule has 0 saturated heterocycles. The molecule has 4 rings (SSSR count). The highest BCUT2D eigenvalue weighted by atomic mass is 16.2. The Morgan fingerprint density at radius 1 is 1.10 bits per heavy atom. The third kappa shape index (κ3) is 1.91. The minimum absolute atomic E-state index is 0.144. The number of hydrogen-bond acceptors (Lipinski definition) is 3. The SMILES string of the molecule is O=c1[nH]c(=O)c2[nH]c(C3CCCc4ccccc43)nc2[nH]1. The van der Waals surface area contributed by atoms with Crippen molar-refractivity contribution >= 4 is 11.2 Å². The van der Waals surface area contributed by atoms with E-state index < -0.39 is 11.2 Å². The maximum Gasteiger partial charge on any atom is 0.327 e. The van der Waals surface area contributed by atoms with E-state index in [0.29, 0.717) is 11.2 Å². The smallest absolute Gasteiger partial charge is 0.327 e. The van der Waals surface area contributed by atoms with Crippen molar-refractivity contribution in [3.05, 3.63) is 62.1 Å². The fourth-order valence-electron chi connectivity index (χ4n) is 3.15. The minimum atomic E-state index is -0.533. The van der Waals surface area contributed by atoms with Crippen molar-refractivity contribution in [1.29, 1.82) is 0 Å². The van der Waals surface area contributed by atoms with E-state index in [0.717, 1.165) is 25.1 Å². The van der Waals surface area contributed by atoms with Gasteiger partial charge in [0, 0.05) is 5.92 Å². The zero-order valence-corrected chi connectivity index (χ0v) is 11.3. The number of fused-ring (bicyclic) bond motifs is 2. The summed E-state index contributed by atoms with van der Waals surface area (Å²) >= 11 is 0. The average Bonchev–Trinajstić information content (AvgIpc) is 2.90. The van der Waals surface area contributed by atoms with Crippen LogP contribution in [-0.4, -0.2) is 19.9 Å². The summed E-state index contributed by atoms with van der Waals surface area (Å²) in [6, 6.07) is 8.31. The molecule has 1 atom stereocenters. The highest BCUT2D eigenvalue weighted by Crippen LogP contribution is 2.35. The first-order chi connectivity index (χ1) is 10.2. The lowest BCUT2D eigenvalue weighted by atomic mass is 9.82. The number of H-pyrrole nitrogens is 3. The molecule has 0 spiro atoms. The fourth-order valence-corrected chi connectivity index (χ4v) is 3.15. The standard InChI is InChI=1S/C15H14N4O2/c20-14-11-13(18-15(21)19-14)17-12(16-11)10-7-3-5-8-4-1-2-6-9(8)10/h1-2,4,6,10H,3,5,7H2,(H3,16,17,18,19,20,21). The summed E-state index contributed by atoms with van der Waals surface area (Å²) in [5.41, 5.74) is 2.26. The molecule has 1 aliphatic carbocycles. The quantitative estimate of drug-likeness (QED) is 0.629. The number of aromatic amines is 3. The summed E-state index contributed by atoms with van der Waals surface area (Å²) in [5, 5.41) is 0. The second kappa shape index (κ2) is 4.44. The molecule has 106 valence electrons. The average molecular weight is 282 g/mol. The van der Waals surface area contributed by atoms with E-state index in [1.165, 1.54) is 11.1 Å². The largest absolute Gasteiger partial charge is 0.336 e. The van der Waals surface area contributed by atoms with Gasteiger partial charge in [-0.1, -0.05) is 24.3 Å². The Bertz CT molecular complexity index is 934. The van der Waals surface area contributed by atoms with E-state index in [2.05, 4.69) is 32.1 Å². The lowest BCUT2D eigenvalue weighted by Crippen LogP contribution is -2.21. The molecule has 2 aromatic heterocycles.